The standard InChI is InChI=1S/C24H40O3S2/c1-3-4-5-6-8-11-18-24(28-20-14-21-29-24)19-12-9-7-10-15-22(25)16-13-17-23(26)27-2/h7-11,15,22,25H,3-6,12-14,16-21H2,1-2H3/b9-7+,11-8-,15-10+/t22-/m1/s1. The molecule has 1 heterocycles. The molecule has 1 fully saturated rings. The smallest absolute Gasteiger partial charge is 0.305 e. The first kappa shape index (κ1) is 26.4. The summed E-state index contributed by atoms with van der Waals surface area (Å²) in [5.74, 6) is 2.33. The average Bonchev–Trinajstić information content (AvgIpc) is 2.73. The minimum Gasteiger partial charge on any atom is -0.469 e. The van der Waals surface area contributed by atoms with E-state index in [2.05, 4.69) is 53.4 Å². The van der Waals surface area contributed by atoms with E-state index in [0.717, 1.165) is 12.8 Å². The minimum atomic E-state index is -0.502. The maximum atomic E-state index is 11.1. The molecule has 1 atom stereocenters. The van der Waals surface area contributed by atoms with Gasteiger partial charge in [-0.3, -0.25) is 4.79 Å². The normalized spacial score (nSPS) is 18.0. The number of ether oxygens (including phenoxy) is 1. The van der Waals surface area contributed by atoms with Gasteiger partial charge in [0, 0.05) is 6.42 Å². The number of carbonyl (C=O) groups excluding carboxylic acids is 1. The zero-order chi connectivity index (χ0) is 21.2. The molecule has 0 aromatic carbocycles. The number of esters is 1. The number of rotatable bonds is 15. The van der Waals surface area contributed by atoms with Crippen molar-refractivity contribution >= 4 is 29.5 Å². The largest absolute Gasteiger partial charge is 0.469 e. The van der Waals surface area contributed by atoms with E-state index in [1.165, 1.54) is 57.1 Å². The van der Waals surface area contributed by atoms with Gasteiger partial charge in [-0.2, -0.15) is 0 Å². The molecule has 1 aliphatic heterocycles. The van der Waals surface area contributed by atoms with Crippen LogP contribution in [0, 0.1) is 0 Å². The summed E-state index contributed by atoms with van der Waals surface area (Å²) in [5, 5.41) is 9.92. The molecule has 5 heteroatoms. The number of carbonyl (C=O) groups is 1. The predicted octanol–water partition coefficient (Wildman–Crippen LogP) is 6.68. The Balaban J connectivity index is 2.31. The summed E-state index contributed by atoms with van der Waals surface area (Å²) in [6.07, 6.45) is 23.7. The fraction of sp³-hybridized carbons (Fsp3) is 0.708. The highest BCUT2D eigenvalue weighted by Gasteiger charge is 2.31. The van der Waals surface area contributed by atoms with Gasteiger partial charge in [0.1, 0.15) is 0 Å². The van der Waals surface area contributed by atoms with Crippen molar-refractivity contribution in [3.8, 4) is 0 Å². The Kier molecular flexibility index (Phi) is 15.5. The molecule has 1 rings (SSSR count). The van der Waals surface area contributed by atoms with Crippen molar-refractivity contribution in [1.29, 1.82) is 0 Å². The van der Waals surface area contributed by atoms with Crippen molar-refractivity contribution in [3.05, 3.63) is 36.5 Å². The maximum Gasteiger partial charge on any atom is 0.305 e. The fourth-order valence-corrected chi connectivity index (χ4v) is 6.49. The molecule has 0 unspecified atom stereocenters. The number of hydrogen-bond donors (Lipinski definition) is 1. The summed E-state index contributed by atoms with van der Waals surface area (Å²) in [7, 11) is 1.39. The molecule has 0 aliphatic carbocycles. The molecule has 29 heavy (non-hydrogen) atoms. The van der Waals surface area contributed by atoms with Gasteiger partial charge in [0.05, 0.1) is 17.3 Å². The van der Waals surface area contributed by atoms with Gasteiger partial charge in [-0.05, 0) is 62.9 Å². The van der Waals surface area contributed by atoms with Gasteiger partial charge < -0.3 is 9.84 Å². The van der Waals surface area contributed by atoms with Crippen LogP contribution in [-0.2, 0) is 9.53 Å². The van der Waals surface area contributed by atoms with E-state index in [1.807, 2.05) is 12.2 Å². The van der Waals surface area contributed by atoms with Crippen molar-refractivity contribution < 1.29 is 14.6 Å². The summed E-state index contributed by atoms with van der Waals surface area (Å²) in [6.45, 7) is 2.25. The second-order valence-corrected chi connectivity index (χ2v) is 10.7. The van der Waals surface area contributed by atoms with Crippen LogP contribution in [0.25, 0.3) is 0 Å². The highest BCUT2D eigenvalue weighted by Crippen LogP contribution is 2.48. The Morgan fingerprint density at radius 2 is 1.90 bits per heavy atom. The summed E-state index contributed by atoms with van der Waals surface area (Å²) < 4.78 is 4.94. The van der Waals surface area contributed by atoms with Gasteiger partial charge in [-0.25, -0.2) is 0 Å². The summed E-state index contributed by atoms with van der Waals surface area (Å²) in [4.78, 5) is 11.1. The number of hydrogen-bond acceptors (Lipinski definition) is 5. The monoisotopic (exact) mass is 440 g/mol. The molecule has 0 saturated carbocycles. The lowest BCUT2D eigenvalue weighted by atomic mass is 10.1. The van der Waals surface area contributed by atoms with Crippen LogP contribution in [0.3, 0.4) is 0 Å². The molecule has 0 aromatic heterocycles. The van der Waals surface area contributed by atoms with Crippen LogP contribution in [0.1, 0.15) is 77.6 Å². The van der Waals surface area contributed by atoms with E-state index in [0.29, 0.717) is 23.3 Å². The van der Waals surface area contributed by atoms with Gasteiger partial charge in [0.2, 0.25) is 0 Å². The van der Waals surface area contributed by atoms with E-state index < -0.39 is 6.10 Å². The van der Waals surface area contributed by atoms with Crippen molar-refractivity contribution in [2.45, 2.75) is 87.7 Å². The second kappa shape index (κ2) is 17.1. The molecule has 0 spiro atoms. The van der Waals surface area contributed by atoms with Crippen LogP contribution < -0.4 is 0 Å². The van der Waals surface area contributed by atoms with E-state index in [-0.39, 0.29) is 5.97 Å². The lowest BCUT2D eigenvalue weighted by molar-refractivity contribution is -0.140. The molecule has 1 N–H and O–H groups in total. The Bertz CT molecular complexity index is 508. The van der Waals surface area contributed by atoms with E-state index in [4.69, 9.17) is 0 Å². The van der Waals surface area contributed by atoms with Crippen molar-refractivity contribution in [2.75, 3.05) is 18.6 Å². The van der Waals surface area contributed by atoms with E-state index in [1.54, 1.807) is 6.08 Å². The van der Waals surface area contributed by atoms with Crippen LogP contribution in [0.2, 0.25) is 0 Å². The van der Waals surface area contributed by atoms with Crippen molar-refractivity contribution in [3.63, 3.8) is 0 Å². The number of methoxy groups -OCH3 is 1. The third kappa shape index (κ3) is 13.3. The first-order chi connectivity index (χ1) is 14.1. The zero-order valence-electron chi connectivity index (χ0n) is 18.3. The molecule has 0 bridgehead atoms. The van der Waals surface area contributed by atoms with Crippen LogP contribution in [-0.4, -0.2) is 39.9 Å². The average molecular weight is 441 g/mol. The quantitative estimate of drug-likeness (QED) is 0.133. The summed E-state index contributed by atoms with van der Waals surface area (Å²) >= 11 is 4.29. The summed E-state index contributed by atoms with van der Waals surface area (Å²) in [5.41, 5.74) is 0. The minimum absolute atomic E-state index is 0.218. The van der Waals surface area contributed by atoms with Gasteiger partial charge >= 0.3 is 5.97 Å². The van der Waals surface area contributed by atoms with Gasteiger partial charge in [0.25, 0.3) is 0 Å². The fourth-order valence-electron chi connectivity index (χ4n) is 3.20. The van der Waals surface area contributed by atoms with Gasteiger partial charge in [0.15, 0.2) is 0 Å². The molecule has 1 saturated heterocycles. The molecule has 1 aliphatic rings. The lowest BCUT2D eigenvalue weighted by Gasteiger charge is -2.35. The van der Waals surface area contributed by atoms with E-state index >= 15 is 0 Å². The Morgan fingerprint density at radius 1 is 1.10 bits per heavy atom. The highest BCUT2D eigenvalue weighted by atomic mass is 32.2. The zero-order valence-corrected chi connectivity index (χ0v) is 19.9. The van der Waals surface area contributed by atoms with Crippen LogP contribution in [0.4, 0.5) is 0 Å². The van der Waals surface area contributed by atoms with Gasteiger partial charge in [-0.15, -0.1) is 23.5 Å². The molecule has 0 aromatic rings. The Morgan fingerprint density at radius 3 is 2.62 bits per heavy atom. The van der Waals surface area contributed by atoms with Crippen LogP contribution in [0.5, 0.6) is 0 Å². The van der Waals surface area contributed by atoms with Crippen LogP contribution >= 0.6 is 23.5 Å². The number of aliphatic hydroxyl groups excluding tert-OH is 1. The SMILES string of the molecule is CCCCC/C=C\CC1(CC/C=C/C=C/[C@@H](O)CCCC(=O)OC)SCCCS1. The van der Waals surface area contributed by atoms with Crippen LogP contribution in [0.15, 0.2) is 36.5 Å². The van der Waals surface area contributed by atoms with E-state index in [9.17, 15) is 9.90 Å². The number of aliphatic hydroxyl groups is 1. The highest BCUT2D eigenvalue weighted by molar-refractivity contribution is 8.18. The first-order valence-electron chi connectivity index (χ1n) is 11.1. The van der Waals surface area contributed by atoms with Crippen molar-refractivity contribution in [1.82, 2.24) is 0 Å². The van der Waals surface area contributed by atoms with Gasteiger partial charge in [-0.1, -0.05) is 56.2 Å². The topological polar surface area (TPSA) is 46.5 Å². The molecular weight excluding hydrogens is 400 g/mol. The number of thioether (sulfide) groups is 2. The number of allylic oxidation sites excluding steroid dienone is 5. The maximum absolute atomic E-state index is 11.1. The molecule has 0 radical (unpaired) electrons. The Labute approximate surface area is 186 Å². The third-order valence-corrected chi connectivity index (χ3v) is 8.46. The molecule has 0 amide bonds. The number of unbranched alkanes of at least 4 members (excludes halogenated alkanes) is 3. The second-order valence-electron chi connectivity index (χ2n) is 7.52. The predicted molar refractivity (Wildman–Crippen MR) is 130 cm³/mol. The first-order valence-corrected chi connectivity index (χ1v) is 13.1. The molecular formula is C24H40O3S2. The Hall–Kier alpha value is -0.650. The summed E-state index contributed by atoms with van der Waals surface area (Å²) in [6, 6.07) is 0. The lowest BCUT2D eigenvalue weighted by Crippen LogP contribution is -2.24. The molecule has 3 nitrogen and oxygen atoms in total. The van der Waals surface area contributed by atoms with Crippen molar-refractivity contribution in [2.24, 2.45) is 0 Å². The molecule has 166 valence electrons. The third-order valence-electron chi connectivity index (χ3n) is 4.97.